The number of nitrogens with zero attached hydrogens (tertiary/aromatic N) is 1. The quantitative estimate of drug-likeness (QED) is 0.878. The largest absolute Gasteiger partial charge is 0.317 e. The van der Waals surface area contributed by atoms with Crippen LogP contribution in [0.5, 0.6) is 0 Å². The van der Waals surface area contributed by atoms with E-state index in [2.05, 4.69) is 55.6 Å². The van der Waals surface area contributed by atoms with Crippen LogP contribution in [-0.4, -0.2) is 32.1 Å². The first-order valence-electron chi connectivity index (χ1n) is 7.10. The molecule has 2 nitrogen and oxygen atoms in total. The summed E-state index contributed by atoms with van der Waals surface area (Å²) < 4.78 is 0. The molecule has 0 saturated heterocycles. The SMILES string of the molecule is CNC1CCC(c2ccc(CN(C)C)cc2)CC1. The molecule has 1 aliphatic rings. The number of benzene rings is 1. The van der Waals surface area contributed by atoms with Crippen LogP contribution in [0.1, 0.15) is 42.7 Å². The van der Waals surface area contributed by atoms with Crippen LogP contribution in [0.15, 0.2) is 24.3 Å². The molecule has 0 spiro atoms. The second-order valence-electron chi connectivity index (χ2n) is 5.82. The smallest absolute Gasteiger partial charge is 0.0227 e. The Morgan fingerprint density at radius 1 is 1.06 bits per heavy atom. The minimum atomic E-state index is 0.745. The van der Waals surface area contributed by atoms with E-state index in [1.54, 1.807) is 0 Å². The zero-order valence-corrected chi connectivity index (χ0v) is 11.9. The van der Waals surface area contributed by atoms with Gasteiger partial charge < -0.3 is 10.2 Å². The van der Waals surface area contributed by atoms with Crippen LogP contribution in [-0.2, 0) is 6.54 Å². The molecule has 0 aromatic heterocycles. The van der Waals surface area contributed by atoms with Crippen molar-refractivity contribution in [2.24, 2.45) is 0 Å². The molecule has 1 aromatic carbocycles. The highest BCUT2D eigenvalue weighted by atomic mass is 15.0. The van der Waals surface area contributed by atoms with Crippen LogP contribution in [0.2, 0.25) is 0 Å². The fraction of sp³-hybridized carbons (Fsp3) is 0.625. The molecule has 1 aliphatic carbocycles. The molecule has 1 fully saturated rings. The summed E-state index contributed by atoms with van der Waals surface area (Å²) in [5, 5.41) is 3.40. The predicted molar refractivity (Wildman–Crippen MR) is 77.9 cm³/mol. The van der Waals surface area contributed by atoms with Crippen LogP contribution in [0.4, 0.5) is 0 Å². The van der Waals surface area contributed by atoms with Crippen molar-refractivity contribution >= 4 is 0 Å². The van der Waals surface area contributed by atoms with Crippen molar-refractivity contribution in [2.75, 3.05) is 21.1 Å². The average molecular weight is 246 g/mol. The molecule has 0 unspecified atom stereocenters. The molecule has 0 bridgehead atoms. The molecule has 1 aromatic rings. The first kappa shape index (κ1) is 13.6. The minimum absolute atomic E-state index is 0.745. The summed E-state index contributed by atoms with van der Waals surface area (Å²) in [5.74, 6) is 0.781. The standard InChI is InChI=1S/C16H26N2/c1-17-16-10-8-15(9-11-16)14-6-4-13(5-7-14)12-18(2)3/h4-7,15-17H,8-12H2,1-3H3. The first-order valence-corrected chi connectivity index (χ1v) is 7.10. The van der Waals surface area contributed by atoms with Crippen molar-refractivity contribution in [3.63, 3.8) is 0 Å². The summed E-state index contributed by atoms with van der Waals surface area (Å²) in [5.41, 5.74) is 2.94. The molecule has 0 radical (unpaired) electrons. The summed E-state index contributed by atoms with van der Waals surface area (Å²) in [6.45, 7) is 1.03. The Hall–Kier alpha value is -0.860. The highest BCUT2D eigenvalue weighted by Crippen LogP contribution is 2.32. The van der Waals surface area contributed by atoms with Gasteiger partial charge in [-0.1, -0.05) is 24.3 Å². The Morgan fingerprint density at radius 3 is 2.17 bits per heavy atom. The van der Waals surface area contributed by atoms with Gasteiger partial charge >= 0.3 is 0 Å². The second-order valence-corrected chi connectivity index (χ2v) is 5.82. The molecule has 100 valence electrons. The fourth-order valence-corrected chi connectivity index (χ4v) is 2.98. The van der Waals surface area contributed by atoms with E-state index in [9.17, 15) is 0 Å². The summed E-state index contributed by atoms with van der Waals surface area (Å²) in [6.07, 6.45) is 5.30. The maximum atomic E-state index is 3.40. The van der Waals surface area contributed by atoms with Gasteiger partial charge in [0.2, 0.25) is 0 Å². The maximum absolute atomic E-state index is 3.40. The summed E-state index contributed by atoms with van der Waals surface area (Å²) in [4.78, 5) is 2.22. The van der Waals surface area contributed by atoms with E-state index in [1.807, 2.05) is 0 Å². The Morgan fingerprint density at radius 2 is 1.67 bits per heavy atom. The van der Waals surface area contributed by atoms with Gasteiger partial charge in [0, 0.05) is 12.6 Å². The molecular formula is C16H26N2. The lowest BCUT2D eigenvalue weighted by Gasteiger charge is -2.28. The second kappa shape index (κ2) is 6.35. The molecule has 18 heavy (non-hydrogen) atoms. The molecule has 1 N–H and O–H groups in total. The van der Waals surface area contributed by atoms with Gasteiger partial charge in [-0.2, -0.15) is 0 Å². The van der Waals surface area contributed by atoms with E-state index in [0.717, 1.165) is 18.5 Å². The zero-order valence-electron chi connectivity index (χ0n) is 11.9. The molecule has 0 heterocycles. The zero-order chi connectivity index (χ0) is 13.0. The van der Waals surface area contributed by atoms with Crippen molar-refractivity contribution < 1.29 is 0 Å². The van der Waals surface area contributed by atoms with Crippen molar-refractivity contribution in [2.45, 2.75) is 44.2 Å². The maximum Gasteiger partial charge on any atom is 0.0227 e. The molecule has 0 aliphatic heterocycles. The van der Waals surface area contributed by atoms with Crippen molar-refractivity contribution in [3.8, 4) is 0 Å². The third-order valence-corrected chi connectivity index (χ3v) is 4.09. The lowest BCUT2D eigenvalue weighted by atomic mass is 9.81. The van der Waals surface area contributed by atoms with E-state index >= 15 is 0 Å². The Bertz CT molecular complexity index is 348. The lowest BCUT2D eigenvalue weighted by Crippen LogP contribution is -2.29. The van der Waals surface area contributed by atoms with Gasteiger partial charge in [0.15, 0.2) is 0 Å². The Labute approximate surface area is 111 Å². The molecule has 0 amide bonds. The van der Waals surface area contributed by atoms with Crippen LogP contribution >= 0.6 is 0 Å². The van der Waals surface area contributed by atoms with E-state index in [4.69, 9.17) is 0 Å². The van der Waals surface area contributed by atoms with Gasteiger partial charge in [-0.3, -0.25) is 0 Å². The van der Waals surface area contributed by atoms with Crippen molar-refractivity contribution in [3.05, 3.63) is 35.4 Å². The normalized spacial score (nSPS) is 24.4. The van der Waals surface area contributed by atoms with Crippen LogP contribution in [0, 0.1) is 0 Å². The van der Waals surface area contributed by atoms with E-state index < -0.39 is 0 Å². The Balaban J connectivity index is 1.93. The predicted octanol–water partition coefficient (Wildman–Crippen LogP) is 2.99. The highest BCUT2D eigenvalue weighted by Gasteiger charge is 2.20. The van der Waals surface area contributed by atoms with Crippen LogP contribution in [0.3, 0.4) is 0 Å². The molecule has 2 rings (SSSR count). The first-order chi connectivity index (χ1) is 8.69. The summed E-state index contributed by atoms with van der Waals surface area (Å²) >= 11 is 0. The van der Waals surface area contributed by atoms with Gasteiger partial charge in [0.25, 0.3) is 0 Å². The van der Waals surface area contributed by atoms with Gasteiger partial charge in [0.05, 0.1) is 0 Å². The van der Waals surface area contributed by atoms with Crippen LogP contribution in [0.25, 0.3) is 0 Å². The summed E-state index contributed by atoms with van der Waals surface area (Å²) in [6, 6.07) is 10.0. The minimum Gasteiger partial charge on any atom is -0.317 e. The number of hydrogen-bond donors (Lipinski definition) is 1. The third-order valence-electron chi connectivity index (χ3n) is 4.09. The van der Waals surface area contributed by atoms with E-state index in [1.165, 1.54) is 36.8 Å². The third kappa shape index (κ3) is 3.56. The monoisotopic (exact) mass is 246 g/mol. The number of nitrogens with one attached hydrogen (secondary N) is 1. The van der Waals surface area contributed by atoms with E-state index in [0.29, 0.717) is 0 Å². The average Bonchev–Trinajstić information content (AvgIpc) is 2.39. The van der Waals surface area contributed by atoms with Crippen molar-refractivity contribution in [1.29, 1.82) is 0 Å². The van der Waals surface area contributed by atoms with Gasteiger partial charge in [-0.25, -0.2) is 0 Å². The number of rotatable bonds is 4. The van der Waals surface area contributed by atoms with Crippen molar-refractivity contribution in [1.82, 2.24) is 10.2 Å². The molecule has 2 heteroatoms. The van der Waals surface area contributed by atoms with Gasteiger partial charge in [-0.15, -0.1) is 0 Å². The molecule has 1 saturated carbocycles. The van der Waals surface area contributed by atoms with E-state index in [-0.39, 0.29) is 0 Å². The highest BCUT2D eigenvalue weighted by molar-refractivity contribution is 5.25. The molecular weight excluding hydrogens is 220 g/mol. The fourth-order valence-electron chi connectivity index (χ4n) is 2.98. The van der Waals surface area contributed by atoms with Gasteiger partial charge in [0.1, 0.15) is 0 Å². The topological polar surface area (TPSA) is 15.3 Å². The van der Waals surface area contributed by atoms with Crippen LogP contribution < -0.4 is 5.32 Å². The summed E-state index contributed by atoms with van der Waals surface area (Å²) in [7, 11) is 6.32. The Kier molecular flexibility index (Phi) is 4.79. The van der Waals surface area contributed by atoms with Gasteiger partial charge in [-0.05, 0) is 63.9 Å². The lowest BCUT2D eigenvalue weighted by molar-refractivity contribution is 0.358. The molecule has 0 atom stereocenters. The number of hydrogen-bond acceptors (Lipinski definition) is 2.